The van der Waals surface area contributed by atoms with Crippen molar-refractivity contribution in [3.63, 3.8) is 0 Å². The van der Waals surface area contributed by atoms with Crippen LogP contribution in [0, 0.1) is 0 Å². The molecule has 1 aromatic heterocycles. The standard InChI is InChI=1S/C51H58N6O7S2.C44H51N5O6S2/c1-51(2,3)64-50(58)55-33-44(34-55)65-46-29-28-45(40-20-18-39(19-21-40)38-10-8-7-9-11-38)47(49-52-53-54-57(49)32-37-16-26-43(63-6)27-17-37)48(46)66(59,60)56(30-35-12-22-41(61-4)23-13-35)31-36-14-24-42(62-5)25-15-36;1-44(2,3)55-43(50)48-27-37(28-48)56-39-24-23-38(34-17-15-33(16-18-34)32-9-7-6-8-10-32)40(42-45-29-46-47-42)41(39)57(51,52)49(25-30-11-19-35(53-4)20-12-30)26-31-13-21-36(54-5)22-14-31/h12-29,38,44H,7-11,30-34H2,1-6H3;11-24,32,37H,6-10,25-29H2,1-5H3. The molecule has 3 aliphatic heterocycles. The van der Waals surface area contributed by atoms with Crippen LogP contribution in [0.3, 0.4) is 0 Å². The van der Waals surface area contributed by atoms with E-state index in [-0.39, 0.29) is 71.6 Å². The van der Waals surface area contributed by atoms with Crippen molar-refractivity contribution in [1.29, 1.82) is 0 Å². The minimum absolute atomic E-state index is 0.0505. The second-order valence-corrected chi connectivity index (χ2v) is 40.0. The second kappa shape index (κ2) is 39.5. The molecule has 28 heteroatoms. The van der Waals surface area contributed by atoms with Gasteiger partial charge in [0.2, 0.25) is 20.0 Å². The Hall–Kier alpha value is -10.6. The average Bonchev–Trinajstić information content (AvgIpc) is 1.62. The predicted octanol–water partition coefficient (Wildman–Crippen LogP) is 19.9. The summed E-state index contributed by atoms with van der Waals surface area (Å²) in [6, 6.07) is 62.2. The van der Waals surface area contributed by atoms with Crippen molar-refractivity contribution in [2.45, 2.75) is 192 Å². The first-order valence-corrected chi connectivity index (χ1v) is 46.5. The first-order chi connectivity index (χ1) is 59.2. The van der Waals surface area contributed by atoms with Gasteiger partial charge >= 0.3 is 12.2 Å². The number of aromatic nitrogens is 4. The number of thioether (sulfide) groups is 2. The number of sulfonamides is 2. The number of carbonyl (C=O) groups excluding carboxylic acids is 2. The summed E-state index contributed by atoms with van der Waals surface area (Å²) in [5, 5.41) is 21.8. The molecule has 5 aliphatic rings. The Morgan fingerprint density at radius 3 is 1.11 bits per heavy atom. The van der Waals surface area contributed by atoms with Crippen LogP contribution in [0.1, 0.15) is 162 Å². The maximum Gasteiger partial charge on any atom is 0.410 e. The molecule has 10 aromatic rings. The van der Waals surface area contributed by atoms with E-state index >= 15 is 16.8 Å². The summed E-state index contributed by atoms with van der Waals surface area (Å²) in [5.74, 6) is 4.99. The van der Waals surface area contributed by atoms with Crippen molar-refractivity contribution in [2.75, 3.05) is 68.4 Å². The predicted molar refractivity (Wildman–Crippen MR) is 480 cm³/mol. The number of aliphatic imine (C=N–C) groups is 1. The van der Waals surface area contributed by atoms with E-state index in [9.17, 15) is 9.59 Å². The number of benzene rings is 9. The molecule has 0 unspecified atom stereocenters. The number of methoxy groups -OCH3 is 5. The highest BCUT2D eigenvalue weighted by Gasteiger charge is 2.42. The third-order valence-corrected chi connectivity index (χ3v) is 29.1. The molecule has 0 bridgehead atoms. The van der Waals surface area contributed by atoms with Crippen molar-refractivity contribution in [2.24, 2.45) is 15.2 Å². The topological polar surface area (TPSA) is 261 Å². The molecule has 4 heterocycles. The van der Waals surface area contributed by atoms with Gasteiger partial charge < -0.3 is 43.0 Å². The Kier molecular flexibility index (Phi) is 28.5. The lowest BCUT2D eigenvalue weighted by atomic mass is 9.83. The Morgan fingerprint density at radius 2 is 0.772 bits per heavy atom. The van der Waals surface area contributed by atoms with Gasteiger partial charge in [0.15, 0.2) is 18.3 Å². The van der Waals surface area contributed by atoms with Crippen molar-refractivity contribution in [3.8, 4) is 62.4 Å². The molecule has 2 aliphatic carbocycles. The van der Waals surface area contributed by atoms with E-state index in [1.54, 1.807) is 50.0 Å². The van der Waals surface area contributed by atoms with Crippen molar-refractivity contribution in [1.82, 2.24) is 38.6 Å². The SMILES string of the molecule is COc1ccc(CN(Cc2ccc(OC)cc2)S(=O)(=O)c2c(SC3CN(C(=O)OC(C)(C)C)C3)ccc(-c3ccc(C4CCCCC4)cc3)c2-c2nnnn2Cc2ccc(OC)cc2)cc1.COc1ccc(CN(Cc2ccc(OC)cc2)S(=O)(=O)c2c(SC3CN(C(=O)OC(C)(C)C)C3)ccc(-c3ccc(C4CCCCC4)cc3)c2C2=NCN=N2)cc1. The summed E-state index contributed by atoms with van der Waals surface area (Å²) < 4.78 is 107. The molecule has 15 rings (SSSR count). The van der Waals surface area contributed by atoms with Crippen LogP contribution in [0.2, 0.25) is 0 Å². The zero-order chi connectivity index (χ0) is 86.6. The number of hydrogen-bond donors (Lipinski definition) is 0. The molecule has 0 spiro atoms. The Bertz CT molecular complexity index is 5490. The number of amidine groups is 1. The van der Waals surface area contributed by atoms with Crippen LogP contribution in [0.5, 0.6) is 28.7 Å². The van der Waals surface area contributed by atoms with Crippen molar-refractivity contribution in [3.05, 3.63) is 239 Å². The number of rotatable bonds is 29. The van der Waals surface area contributed by atoms with Gasteiger partial charge in [-0.3, -0.25) is 0 Å². The number of ether oxygens (including phenoxy) is 7. The molecule has 646 valence electrons. The van der Waals surface area contributed by atoms with Gasteiger partial charge in [0, 0.05) is 83.8 Å². The van der Waals surface area contributed by atoms with Crippen LogP contribution in [-0.4, -0.2) is 164 Å². The van der Waals surface area contributed by atoms with Gasteiger partial charge in [-0.15, -0.1) is 33.7 Å². The lowest BCUT2D eigenvalue weighted by Gasteiger charge is -2.39. The average molecular weight is 1740 g/mol. The maximum atomic E-state index is 16.2. The lowest BCUT2D eigenvalue weighted by Crippen LogP contribution is -2.53. The molecule has 123 heavy (non-hydrogen) atoms. The van der Waals surface area contributed by atoms with Crippen molar-refractivity contribution < 1.29 is 59.6 Å². The summed E-state index contributed by atoms with van der Waals surface area (Å²) in [7, 11) is -0.713. The van der Waals surface area contributed by atoms with Crippen molar-refractivity contribution >= 4 is 61.6 Å². The highest BCUT2D eigenvalue weighted by Crippen LogP contribution is 2.48. The fourth-order valence-electron chi connectivity index (χ4n) is 16.0. The van der Waals surface area contributed by atoms with Crippen LogP contribution in [-0.2, 0) is 62.2 Å². The second-order valence-electron chi connectivity index (χ2n) is 33.6. The molecule has 0 atom stereocenters. The zero-order valence-corrected chi connectivity index (χ0v) is 75.1. The van der Waals surface area contributed by atoms with Crippen LogP contribution < -0.4 is 23.7 Å². The van der Waals surface area contributed by atoms with Gasteiger partial charge in [0.05, 0.1) is 42.1 Å². The van der Waals surface area contributed by atoms with E-state index < -0.39 is 37.3 Å². The number of nitrogens with zero attached hydrogens (tertiary/aromatic N) is 11. The fourth-order valence-corrected chi connectivity index (χ4v) is 22.8. The molecule has 0 N–H and O–H groups in total. The minimum Gasteiger partial charge on any atom is -0.497 e. The molecular formula is C95H109N11O13S4. The highest BCUT2D eigenvalue weighted by atomic mass is 32.2. The van der Waals surface area contributed by atoms with Crippen LogP contribution in [0.25, 0.3) is 33.6 Å². The monoisotopic (exact) mass is 1740 g/mol. The molecular weight excluding hydrogens is 1630 g/mol. The summed E-state index contributed by atoms with van der Waals surface area (Å²) in [5.41, 5.74) is 9.27. The third-order valence-electron chi connectivity index (χ3n) is 22.6. The summed E-state index contributed by atoms with van der Waals surface area (Å²) in [6.45, 7) is 13.3. The number of carbonyl (C=O) groups is 2. The summed E-state index contributed by atoms with van der Waals surface area (Å²) >= 11 is 2.88. The van der Waals surface area contributed by atoms with E-state index in [2.05, 4.69) is 79.3 Å². The van der Waals surface area contributed by atoms with Gasteiger partial charge in [-0.2, -0.15) is 13.7 Å². The minimum atomic E-state index is -4.43. The van der Waals surface area contributed by atoms with E-state index in [1.165, 1.54) is 94.6 Å². The third kappa shape index (κ3) is 22.0. The first-order valence-electron chi connectivity index (χ1n) is 41.9. The van der Waals surface area contributed by atoms with E-state index in [0.29, 0.717) is 105 Å². The summed E-state index contributed by atoms with van der Waals surface area (Å²) in [6.07, 6.45) is 11.3. The van der Waals surface area contributed by atoms with Gasteiger partial charge in [-0.05, 0) is 223 Å². The Labute approximate surface area is 731 Å². The van der Waals surface area contributed by atoms with E-state index in [1.807, 2.05) is 187 Å². The van der Waals surface area contributed by atoms with Crippen LogP contribution in [0.4, 0.5) is 9.59 Å². The van der Waals surface area contributed by atoms with Gasteiger partial charge in [-0.25, -0.2) is 36.1 Å². The van der Waals surface area contributed by atoms with Crippen LogP contribution >= 0.6 is 23.5 Å². The first kappa shape index (κ1) is 88.7. The number of amides is 2. The van der Waals surface area contributed by atoms with Gasteiger partial charge in [-0.1, -0.05) is 160 Å². The zero-order valence-electron chi connectivity index (χ0n) is 71.8. The molecule has 2 saturated heterocycles. The molecule has 2 saturated carbocycles. The molecule has 24 nitrogen and oxygen atoms in total. The fraction of sp³-hybridized carbons (Fsp3) is 0.389. The number of tetrazole rings is 1. The van der Waals surface area contributed by atoms with E-state index in [4.69, 9.17) is 33.2 Å². The largest absolute Gasteiger partial charge is 0.497 e. The number of hydrogen-bond acceptors (Lipinski definition) is 21. The van der Waals surface area contributed by atoms with E-state index in [0.717, 1.165) is 51.8 Å². The van der Waals surface area contributed by atoms with Gasteiger partial charge in [0.25, 0.3) is 0 Å². The number of azo groups is 1. The molecule has 0 radical (unpaired) electrons. The maximum absolute atomic E-state index is 16.2. The quantitative estimate of drug-likeness (QED) is 0.0422. The Balaban J connectivity index is 0.000000203. The van der Waals surface area contributed by atoms with Gasteiger partial charge in [0.1, 0.15) is 49.7 Å². The number of likely N-dealkylation sites (tertiary alicyclic amines) is 2. The van der Waals surface area contributed by atoms with Crippen LogP contribution in [0.15, 0.2) is 229 Å². The molecule has 2 amide bonds. The highest BCUT2D eigenvalue weighted by molar-refractivity contribution is 8.01. The molecule has 9 aromatic carbocycles. The molecule has 4 fully saturated rings. The lowest BCUT2D eigenvalue weighted by molar-refractivity contribution is 0.0134. The Morgan fingerprint density at radius 1 is 0.431 bits per heavy atom. The summed E-state index contributed by atoms with van der Waals surface area (Å²) in [4.78, 5) is 35.2. The normalized spacial score (nSPS) is 15.5. The smallest absolute Gasteiger partial charge is 0.410 e.